The lowest BCUT2D eigenvalue weighted by Crippen LogP contribution is -2.21. The molecule has 0 saturated heterocycles. The molecule has 0 aliphatic heterocycles. The minimum atomic E-state index is 0.649. The van der Waals surface area contributed by atoms with Crippen molar-refractivity contribution in [1.29, 1.82) is 0 Å². The number of halogens is 1. The highest BCUT2D eigenvalue weighted by atomic mass is 35.5. The van der Waals surface area contributed by atoms with Gasteiger partial charge in [-0.05, 0) is 30.2 Å². The number of benzene rings is 1. The Kier molecular flexibility index (Phi) is 5.00. The van der Waals surface area contributed by atoms with Crippen LogP contribution in [-0.2, 0) is 13.1 Å². The predicted molar refractivity (Wildman–Crippen MR) is 79.3 cm³/mol. The van der Waals surface area contributed by atoms with Crippen molar-refractivity contribution >= 4 is 11.6 Å². The van der Waals surface area contributed by atoms with Crippen LogP contribution in [0.3, 0.4) is 0 Å². The average Bonchev–Trinajstić information content (AvgIpc) is 2.76. The van der Waals surface area contributed by atoms with Gasteiger partial charge in [0.25, 0.3) is 0 Å². The van der Waals surface area contributed by atoms with Crippen LogP contribution in [0.25, 0.3) is 0 Å². The molecule has 1 aromatic heterocycles. The summed E-state index contributed by atoms with van der Waals surface area (Å²) in [5, 5.41) is 4.19. The molecule has 1 aromatic carbocycles. The molecule has 1 N–H and O–H groups in total. The molecule has 0 amide bonds. The van der Waals surface area contributed by atoms with E-state index < -0.39 is 0 Å². The largest absolute Gasteiger partial charge is 0.329 e. The van der Waals surface area contributed by atoms with Gasteiger partial charge in [-0.3, -0.25) is 0 Å². The third-order valence-electron chi connectivity index (χ3n) is 2.88. The average molecular weight is 278 g/mol. The predicted octanol–water partition coefficient (Wildman–Crippen LogP) is 3.33. The Labute approximate surface area is 119 Å². The zero-order valence-corrected chi connectivity index (χ0v) is 12.2. The second kappa shape index (κ2) is 6.73. The Morgan fingerprint density at radius 2 is 2.21 bits per heavy atom. The molecule has 102 valence electrons. The first-order chi connectivity index (χ1) is 9.15. The lowest BCUT2D eigenvalue weighted by Gasteiger charge is -2.10. The van der Waals surface area contributed by atoms with Crippen molar-refractivity contribution in [3.05, 3.63) is 53.1 Å². The molecule has 2 aromatic rings. The van der Waals surface area contributed by atoms with Gasteiger partial charge in [0, 0.05) is 24.0 Å². The van der Waals surface area contributed by atoms with Crippen LogP contribution in [0.5, 0.6) is 0 Å². The summed E-state index contributed by atoms with van der Waals surface area (Å²) in [5.41, 5.74) is 1.19. The van der Waals surface area contributed by atoms with Crippen molar-refractivity contribution in [1.82, 2.24) is 14.9 Å². The summed E-state index contributed by atoms with van der Waals surface area (Å²) in [6.45, 7) is 7.01. The van der Waals surface area contributed by atoms with E-state index in [1.54, 1.807) is 0 Å². The standard InChI is InChI=1S/C15H20ClN3/c1-12(2)9-17-10-15-18-6-7-19(15)11-13-4-3-5-14(16)8-13/h3-8,12,17H,9-11H2,1-2H3. The Balaban J connectivity index is 1.99. The lowest BCUT2D eigenvalue weighted by atomic mass is 10.2. The first kappa shape index (κ1) is 14.1. The summed E-state index contributed by atoms with van der Waals surface area (Å²) in [6.07, 6.45) is 3.85. The normalized spacial score (nSPS) is 11.2. The van der Waals surface area contributed by atoms with Gasteiger partial charge in [-0.2, -0.15) is 0 Å². The second-order valence-corrected chi connectivity index (χ2v) is 5.56. The molecule has 0 bridgehead atoms. The van der Waals surface area contributed by atoms with E-state index in [0.29, 0.717) is 5.92 Å². The van der Waals surface area contributed by atoms with Crippen LogP contribution in [0.4, 0.5) is 0 Å². The highest BCUT2D eigenvalue weighted by Crippen LogP contribution is 2.12. The molecule has 0 aliphatic rings. The van der Waals surface area contributed by atoms with Gasteiger partial charge in [0.1, 0.15) is 5.82 Å². The van der Waals surface area contributed by atoms with Crippen LogP contribution in [0.1, 0.15) is 25.2 Å². The van der Waals surface area contributed by atoms with Gasteiger partial charge < -0.3 is 9.88 Å². The minimum absolute atomic E-state index is 0.649. The van der Waals surface area contributed by atoms with Gasteiger partial charge in [-0.1, -0.05) is 37.6 Å². The molecule has 19 heavy (non-hydrogen) atoms. The topological polar surface area (TPSA) is 29.9 Å². The number of hydrogen-bond donors (Lipinski definition) is 1. The van der Waals surface area contributed by atoms with Gasteiger partial charge in [-0.15, -0.1) is 0 Å². The second-order valence-electron chi connectivity index (χ2n) is 5.13. The minimum Gasteiger partial charge on any atom is -0.329 e. The van der Waals surface area contributed by atoms with Gasteiger partial charge in [-0.25, -0.2) is 4.98 Å². The number of imidazole rings is 1. The molecule has 0 radical (unpaired) electrons. The van der Waals surface area contributed by atoms with Gasteiger partial charge in [0.05, 0.1) is 6.54 Å². The van der Waals surface area contributed by atoms with E-state index in [2.05, 4.69) is 34.8 Å². The molecule has 3 nitrogen and oxygen atoms in total. The van der Waals surface area contributed by atoms with E-state index in [-0.39, 0.29) is 0 Å². The van der Waals surface area contributed by atoms with Crippen LogP contribution in [0.15, 0.2) is 36.7 Å². The van der Waals surface area contributed by atoms with Crippen LogP contribution in [0, 0.1) is 5.92 Å². The molecule has 4 heteroatoms. The quantitative estimate of drug-likeness (QED) is 0.878. The zero-order chi connectivity index (χ0) is 13.7. The number of aromatic nitrogens is 2. The Hall–Kier alpha value is -1.32. The van der Waals surface area contributed by atoms with Crippen LogP contribution < -0.4 is 5.32 Å². The summed E-state index contributed by atoms with van der Waals surface area (Å²) < 4.78 is 2.15. The maximum Gasteiger partial charge on any atom is 0.122 e. The van der Waals surface area contributed by atoms with Crippen molar-refractivity contribution in [2.24, 2.45) is 5.92 Å². The van der Waals surface area contributed by atoms with Crippen molar-refractivity contribution < 1.29 is 0 Å². The van der Waals surface area contributed by atoms with E-state index in [0.717, 1.165) is 30.5 Å². The summed E-state index contributed by atoms with van der Waals surface area (Å²) in [5.74, 6) is 1.71. The van der Waals surface area contributed by atoms with Crippen LogP contribution in [0.2, 0.25) is 5.02 Å². The maximum absolute atomic E-state index is 6.01. The molecule has 2 rings (SSSR count). The fourth-order valence-corrected chi connectivity index (χ4v) is 2.17. The molecular formula is C15H20ClN3. The van der Waals surface area contributed by atoms with Gasteiger partial charge in [0.15, 0.2) is 0 Å². The van der Waals surface area contributed by atoms with Crippen molar-refractivity contribution in [2.75, 3.05) is 6.54 Å². The molecule has 0 spiro atoms. The van der Waals surface area contributed by atoms with Gasteiger partial charge in [0.2, 0.25) is 0 Å². The number of nitrogens with zero attached hydrogens (tertiary/aromatic N) is 2. The van der Waals surface area contributed by atoms with E-state index in [9.17, 15) is 0 Å². The third kappa shape index (κ3) is 4.37. The number of rotatable bonds is 6. The van der Waals surface area contributed by atoms with Crippen molar-refractivity contribution in [3.8, 4) is 0 Å². The Morgan fingerprint density at radius 1 is 1.37 bits per heavy atom. The fourth-order valence-electron chi connectivity index (χ4n) is 1.96. The molecule has 0 fully saturated rings. The first-order valence-electron chi connectivity index (χ1n) is 6.60. The lowest BCUT2D eigenvalue weighted by molar-refractivity contribution is 0.533. The van der Waals surface area contributed by atoms with Crippen molar-refractivity contribution in [2.45, 2.75) is 26.9 Å². The molecular weight excluding hydrogens is 258 g/mol. The molecule has 0 saturated carbocycles. The first-order valence-corrected chi connectivity index (χ1v) is 6.98. The Morgan fingerprint density at radius 3 is 2.95 bits per heavy atom. The smallest absolute Gasteiger partial charge is 0.122 e. The SMILES string of the molecule is CC(C)CNCc1nccn1Cc1cccc(Cl)c1. The van der Waals surface area contributed by atoms with E-state index >= 15 is 0 Å². The maximum atomic E-state index is 6.01. The fraction of sp³-hybridized carbons (Fsp3) is 0.400. The summed E-state index contributed by atoms with van der Waals surface area (Å²) in [6, 6.07) is 7.94. The number of hydrogen-bond acceptors (Lipinski definition) is 2. The summed E-state index contributed by atoms with van der Waals surface area (Å²) >= 11 is 6.01. The van der Waals surface area contributed by atoms with E-state index in [1.807, 2.05) is 30.6 Å². The number of nitrogens with one attached hydrogen (secondary N) is 1. The molecule has 1 heterocycles. The van der Waals surface area contributed by atoms with E-state index in [4.69, 9.17) is 11.6 Å². The summed E-state index contributed by atoms with van der Waals surface area (Å²) in [4.78, 5) is 4.40. The highest BCUT2D eigenvalue weighted by molar-refractivity contribution is 6.30. The van der Waals surface area contributed by atoms with Crippen LogP contribution in [-0.4, -0.2) is 16.1 Å². The van der Waals surface area contributed by atoms with Gasteiger partial charge >= 0.3 is 0 Å². The summed E-state index contributed by atoms with van der Waals surface area (Å²) in [7, 11) is 0. The monoisotopic (exact) mass is 277 g/mol. The van der Waals surface area contributed by atoms with Crippen molar-refractivity contribution in [3.63, 3.8) is 0 Å². The molecule has 0 atom stereocenters. The van der Waals surface area contributed by atoms with E-state index in [1.165, 1.54) is 5.56 Å². The zero-order valence-electron chi connectivity index (χ0n) is 11.4. The van der Waals surface area contributed by atoms with Crippen LogP contribution >= 0.6 is 11.6 Å². The Bertz CT molecular complexity index is 520. The molecule has 0 unspecified atom stereocenters. The highest BCUT2D eigenvalue weighted by Gasteiger charge is 2.04. The molecule has 0 aliphatic carbocycles. The third-order valence-corrected chi connectivity index (χ3v) is 3.11.